The average Bonchev–Trinajstić information content (AvgIpc) is 2.95. The van der Waals surface area contributed by atoms with Gasteiger partial charge in [-0.3, -0.25) is 0 Å². The topological polar surface area (TPSA) is 9.29 Å². The van der Waals surface area contributed by atoms with Gasteiger partial charge in [0.1, 0.15) is 0 Å². The summed E-state index contributed by atoms with van der Waals surface area (Å²) in [7, 11) is 0. The molecule has 0 atom stereocenters. The van der Waals surface area contributed by atoms with Crippen molar-refractivity contribution in [2.75, 3.05) is 0 Å². The third-order valence-electron chi connectivity index (χ3n) is 4.78. The molecule has 0 saturated heterocycles. The van der Waals surface area contributed by atoms with Crippen LogP contribution in [0.2, 0.25) is 0 Å². The lowest BCUT2D eigenvalue weighted by Crippen LogP contribution is -2.10. The predicted octanol–water partition coefficient (Wildman–Crippen LogP) is 6.63. The van der Waals surface area contributed by atoms with Gasteiger partial charge in [-0.1, -0.05) is 63.2 Å². The quantitative estimate of drug-likeness (QED) is 0.347. The van der Waals surface area contributed by atoms with Crippen molar-refractivity contribution in [3.63, 3.8) is 0 Å². The van der Waals surface area contributed by atoms with Gasteiger partial charge in [0.25, 0.3) is 0 Å². The van der Waals surface area contributed by atoms with Crippen LogP contribution in [0.15, 0.2) is 66.7 Å². The van der Waals surface area contributed by atoms with Crippen LogP contribution in [-0.4, -0.2) is 4.57 Å². The molecule has 0 radical (unpaired) electrons. The summed E-state index contributed by atoms with van der Waals surface area (Å²) < 4.78 is 2.30. The molecule has 0 unspecified atom stereocenters. The molecule has 122 valence electrons. The summed E-state index contributed by atoms with van der Waals surface area (Å²) >= 11 is 0. The molecular weight excluding hydrogens is 304 g/mol. The Morgan fingerprint density at radius 2 is 1.48 bits per heavy atom. The zero-order valence-corrected chi connectivity index (χ0v) is 14.7. The van der Waals surface area contributed by atoms with E-state index in [1.807, 2.05) is 24.3 Å². The van der Waals surface area contributed by atoms with Gasteiger partial charge in [0, 0.05) is 16.5 Å². The fourth-order valence-electron chi connectivity index (χ4n) is 3.39. The molecule has 0 spiro atoms. The van der Waals surface area contributed by atoms with Crippen molar-refractivity contribution >= 4 is 27.5 Å². The molecule has 0 N–H and O–H groups in total. The van der Waals surface area contributed by atoms with Crippen LogP contribution in [0.3, 0.4) is 0 Å². The Kier molecular flexibility index (Phi) is 3.40. The lowest BCUT2D eigenvalue weighted by Gasteiger charge is -2.19. The van der Waals surface area contributed by atoms with Crippen LogP contribution >= 0.6 is 0 Å². The highest BCUT2D eigenvalue weighted by Gasteiger charge is 2.17. The van der Waals surface area contributed by atoms with Gasteiger partial charge < -0.3 is 4.57 Å². The predicted molar refractivity (Wildman–Crippen MR) is 106 cm³/mol. The molecule has 1 heterocycles. The molecule has 0 bridgehead atoms. The van der Waals surface area contributed by atoms with Gasteiger partial charge in [0.2, 0.25) is 0 Å². The zero-order valence-electron chi connectivity index (χ0n) is 14.7. The number of fused-ring (bicyclic) bond motifs is 3. The molecule has 0 amide bonds. The van der Waals surface area contributed by atoms with Crippen molar-refractivity contribution in [1.29, 1.82) is 0 Å². The summed E-state index contributed by atoms with van der Waals surface area (Å²) in [6.45, 7) is 13.9. The summed E-state index contributed by atoms with van der Waals surface area (Å²) in [4.78, 5) is 3.50. The maximum atomic E-state index is 7.17. The third kappa shape index (κ3) is 2.49. The van der Waals surface area contributed by atoms with E-state index in [9.17, 15) is 0 Å². The molecule has 0 aliphatic heterocycles. The molecule has 1 aromatic heterocycles. The van der Waals surface area contributed by atoms with Gasteiger partial charge in [-0.25, -0.2) is 4.85 Å². The molecule has 0 fully saturated rings. The number of para-hydroxylation sites is 1. The Labute approximate surface area is 148 Å². The molecular formula is C23H20N2. The summed E-state index contributed by atoms with van der Waals surface area (Å²) in [5, 5.41) is 2.52. The van der Waals surface area contributed by atoms with E-state index in [0.717, 1.165) is 5.69 Å². The van der Waals surface area contributed by atoms with Crippen molar-refractivity contribution in [2.24, 2.45) is 0 Å². The number of aromatic nitrogens is 1. The molecule has 3 aromatic carbocycles. The molecule has 2 nitrogen and oxygen atoms in total. The second kappa shape index (κ2) is 5.50. The molecule has 25 heavy (non-hydrogen) atoms. The van der Waals surface area contributed by atoms with Crippen molar-refractivity contribution < 1.29 is 0 Å². The molecule has 0 aliphatic carbocycles. The van der Waals surface area contributed by atoms with Crippen LogP contribution in [0.25, 0.3) is 32.3 Å². The lowest BCUT2D eigenvalue weighted by atomic mass is 9.86. The zero-order chi connectivity index (χ0) is 17.6. The van der Waals surface area contributed by atoms with Crippen LogP contribution in [0.1, 0.15) is 26.3 Å². The SMILES string of the molecule is [C-]#[N+]c1ccc(-n2c3ccccc3c3ccc(C(C)(C)C)cc32)cc1. The number of rotatable bonds is 1. The first-order valence-corrected chi connectivity index (χ1v) is 8.50. The highest BCUT2D eigenvalue weighted by molar-refractivity contribution is 6.09. The number of hydrogen-bond donors (Lipinski definition) is 0. The summed E-state index contributed by atoms with van der Waals surface area (Å²) in [5.74, 6) is 0. The Morgan fingerprint density at radius 1 is 0.800 bits per heavy atom. The van der Waals surface area contributed by atoms with E-state index in [0.29, 0.717) is 5.69 Å². The third-order valence-corrected chi connectivity index (χ3v) is 4.78. The summed E-state index contributed by atoms with van der Waals surface area (Å²) in [6, 6.07) is 23.1. The minimum Gasteiger partial charge on any atom is -0.309 e. The largest absolute Gasteiger partial charge is 0.309 e. The molecule has 4 rings (SSSR count). The van der Waals surface area contributed by atoms with E-state index < -0.39 is 0 Å². The first kappa shape index (κ1) is 15.5. The first-order chi connectivity index (χ1) is 12.0. The molecule has 0 saturated carbocycles. The van der Waals surface area contributed by atoms with Gasteiger partial charge in [-0.05, 0) is 35.2 Å². The highest BCUT2D eigenvalue weighted by Crippen LogP contribution is 2.35. The summed E-state index contributed by atoms with van der Waals surface area (Å²) in [5.41, 5.74) is 5.58. The van der Waals surface area contributed by atoms with Crippen LogP contribution in [0, 0.1) is 6.57 Å². The van der Waals surface area contributed by atoms with Crippen molar-refractivity contribution in [2.45, 2.75) is 26.2 Å². The fraction of sp³-hybridized carbons (Fsp3) is 0.174. The van der Waals surface area contributed by atoms with E-state index in [-0.39, 0.29) is 5.41 Å². The summed E-state index contributed by atoms with van der Waals surface area (Å²) in [6.07, 6.45) is 0. The Balaban J connectivity index is 2.09. The van der Waals surface area contributed by atoms with E-state index in [4.69, 9.17) is 6.57 Å². The second-order valence-electron chi connectivity index (χ2n) is 7.46. The maximum Gasteiger partial charge on any atom is 0.187 e. The standard InChI is InChI=1S/C23H20N2/c1-23(2,3)16-9-14-20-19-7-5-6-8-21(19)25(22(20)15-16)18-12-10-17(24-4)11-13-18/h5-15H,1-3H3. The van der Waals surface area contributed by atoms with Crippen LogP contribution < -0.4 is 0 Å². The van der Waals surface area contributed by atoms with Crippen molar-refractivity contribution in [3.8, 4) is 5.69 Å². The lowest BCUT2D eigenvalue weighted by molar-refractivity contribution is 0.591. The minimum absolute atomic E-state index is 0.101. The van der Waals surface area contributed by atoms with Crippen LogP contribution in [0.4, 0.5) is 5.69 Å². The molecule has 2 heteroatoms. The van der Waals surface area contributed by atoms with Crippen LogP contribution in [-0.2, 0) is 5.41 Å². The van der Waals surface area contributed by atoms with E-state index in [1.165, 1.54) is 27.4 Å². The fourth-order valence-corrected chi connectivity index (χ4v) is 3.39. The van der Waals surface area contributed by atoms with Gasteiger partial charge in [-0.15, -0.1) is 0 Å². The van der Waals surface area contributed by atoms with Crippen LogP contribution in [0.5, 0.6) is 0 Å². The van der Waals surface area contributed by atoms with Gasteiger partial charge in [0.15, 0.2) is 5.69 Å². The van der Waals surface area contributed by atoms with Gasteiger partial charge in [0.05, 0.1) is 17.6 Å². The van der Waals surface area contributed by atoms with E-state index in [2.05, 4.69) is 72.6 Å². The normalized spacial score (nSPS) is 11.8. The van der Waals surface area contributed by atoms with E-state index in [1.54, 1.807) is 0 Å². The Morgan fingerprint density at radius 3 is 2.16 bits per heavy atom. The average molecular weight is 324 g/mol. The van der Waals surface area contributed by atoms with Crippen molar-refractivity contribution in [1.82, 2.24) is 4.57 Å². The highest BCUT2D eigenvalue weighted by atomic mass is 15.0. The Hall–Kier alpha value is -3.05. The van der Waals surface area contributed by atoms with Crippen molar-refractivity contribution in [3.05, 3.63) is 83.7 Å². The monoisotopic (exact) mass is 324 g/mol. The molecule has 0 aliphatic rings. The smallest absolute Gasteiger partial charge is 0.187 e. The minimum atomic E-state index is 0.101. The maximum absolute atomic E-state index is 7.17. The Bertz CT molecular complexity index is 1120. The van der Waals surface area contributed by atoms with Gasteiger partial charge in [-0.2, -0.15) is 0 Å². The second-order valence-corrected chi connectivity index (χ2v) is 7.46. The number of hydrogen-bond acceptors (Lipinski definition) is 0. The van der Waals surface area contributed by atoms with E-state index >= 15 is 0 Å². The molecule has 4 aromatic rings. The first-order valence-electron chi connectivity index (χ1n) is 8.50. The number of benzene rings is 3. The number of nitrogens with zero attached hydrogens (tertiary/aromatic N) is 2. The van der Waals surface area contributed by atoms with Gasteiger partial charge >= 0.3 is 0 Å².